The lowest BCUT2D eigenvalue weighted by Gasteiger charge is -2.11. The highest BCUT2D eigenvalue weighted by Crippen LogP contribution is 2.26. The minimum absolute atomic E-state index is 0.837. The highest BCUT2D eigenvalue weighted by Gasteiger charge is 2.05. The van der Waals surface area contributed by atoms with Crippen molar-refractivity contribution in [1.29, 1.82) is 0 Å². The fourth-order valence-corrected chi connectivity index (χ4v) is 1.43. The minimum Gasteiger partial charge on any atom is -0.398 e. The molecule has 0 heterocycles. The number of benzene rings is 1. The van der Waals surface area contributed by atoms with Crippen molar-refractivity contribution in [1.82, 2.24) is 0 Å². The topological polar surface area (TPSA) is 38.0 Å². The van der Waals surface area contributed by atoms with Crippen molar-refractivity contribution >= 4 is 17.5 Å². The second-order valence-corrected chi connectivity index (χ2v) is 2.91. The Labute approximate surface area is 79.5 Å². The lowest BCUT2D eigenvalue weighted by Crippen LogP contribution is -2.00. The summed E-state index contributed by atoms with van der Waals surface area (Å²) < 4.78 is 0. The fraction of sp³-hybridized carbons (Fsp3) is 0.273. The number of rotatable bonds is 3. The van der Waals surface area contributed by atoms with Crippen molar-refractivity contribution in [3.05, 3.63) is 29.8 Å². The average Bonchev–Trinajstić information content (AvgIpc) is 2.17. The molecule has 0 aliphatic heterocycles. The van der Waals surface area contributed by atoms with E-state index < -0.39 is 0 Å². The maximum atomic E-state index is 5.97. The fourth-order valence-electron chi connectivity index (χ4n) is 1.43. The Morgan fingerprint density at radius 1 is 1.54 bits per heavy atom. The quantitative estimate of drug-likeness (QED) is 0.694. The van der Waals surface area contributed by atoms with Crippen LogP contribution in [0.3, 0.4) is 0 Å². The van der Waals surface area contributed by atoms with Crippen molar-refractivity contribution in [3.63, 3.8) is 0 Å². The smallest absolute Gasteiger partial charge is 0.0440 e. The second-order valence-electron chi connectivity index (χ2n) is 2.91. The summed E-state index contributed by atoms with van der Waals surface area (Å²) in [6.07, 6.45) is 2.75. The van der Waals surface area contributed by atoms with Gasteiger partial charge in [-0.15, -0.1) is 0 Å². The van der Waals surface area contributed by atoms with E-state index in [0.717, 1.165) is 23.4 Å². The van der Waals surface area contributed by atoms with E-state index in [1.807, 2.05) is 19.2 Å². The standard InChI is InChI=1S/C11H16N2/c1-4-8-6-7-10(13-3)9(5-2)11(8)12/h5-7,13H,2,4,12H2,1,3H3. The summed E-state index contributed by atoms with van der Waals surface area (Å²) in [5.74, 6) is 0. The maximum Gasteiger partial charge on any atom is 0.0440 e. The zero-order valence-corrected chi connectivity index (χ0v) is 8.22. The Hall–Kier alpha value is -1.44. The van der Waals surface area contributed by atoms with E-state index in [0.29, 0.717) is 0 Å². The molecule has 0 aliphatic rings. The summed E-state index contributed by atoms with van der Waals surface area (Å²) >= 11 is 0. The molecule has 0 saturated carbocycles. The molecule has 1 rings (SSSR count). The van der Waals surface area contributed by atoms with E-state index in [9.17, 15) is 0 Å². The van der Waals surface area contributed by atoms with E-state index in [1.165, 1.54) is 5.56 Å². The first-order valence-corrected chi connectivity index (χ1v) is 4.46. The highest BCUT2D eigenvalue weighted by molar-refractivity contribution is 5.78. The van der Waals surface area contributed by atoms with E-state index in [1.54, 1.807) is 6.08 Å². The van der Waals surface area contributed by atoms with Crippen LogP contribution in [0.4, 0.5) is 11.4 Å². The summed E-state index contributed by atoms with van der Waals surface area (Å²) in [7, 11) is 1.88. The van der Waals surface area contributed by atoms with Crippen LogP contribution in [-0.4, -0.2) is 7.05 Å². The first kappa shape index (κ1) is 9.65. The molecule has 1 aromatic carbocycles. The van der Waals surface area contributed by atoms with Crippen LogP contribution in [0.1, 0.15) is 18.1 Å². The van der Waals surface area contributed by atoms with Gasteiger partial charge in [-0.1, -0.05) is 25.6 Å². The molecule has 0 spiro atoms. The van der Waals surface area contributed by atoms with Gasteiger partial charge in [0.15, 0.2) is 0 Å². The third kappa shape index (κ3) is 1.66. The molecule has 2 heteroatoms. The first-order valence-electron chi connectivity index (χ1n) is 4.46. The van der Waals surface area contributed by atoms with E-state index in [-0.39, 0.29) is 0 Å². The Kier molecular flexibility index (Phi) is 2.96. The molecule has 0 amide bonds. The van der Waals surface area contributed by atoms with Crippen LogP contribution >= 0.6 is 0 Å². The van der Waals surface area contributed by atoms with Crippen molar-refractivity contribution < 1.29 is 0 Å². The third-order valence-electron chi connectivity index (χ3n) is 2.23. The van der Waals surface area contributed by atoms with Crippen molar-refractivity contribution in [3.8, 4) is 0 Å². The summed E-state index contributed by atoms with van der Waals surface area (Å²) in [6, 6.07) is 4.08. The van der Waals surface area contributed by atoms with Gasteiger partial charge in [0, 0.05) is 24.0 Å². The monoisotopic (exact) mass is 176 g/mol. The van der Waals surface area contributed by atoms with Gasteiger partial charge in [0.05, 0.1) is 0 Å². The highest BCUT2D eigenvalue weighted by atomic mass is 14.8. The second kappa shape index (κ2) is 3.99. The molecule has 1 aromatic rings. The van der Waals surface area contributed by atoms with Gasteiger partial charge in [-0.05, 0) is 18.1 Å². The van der Waals surface area contributed by atoms with Crippen LogP contribution < -0.4 is 11.1 Å². The number of nitrogens with two attached hydrogens (primary N) is 1. The van der Waals surface area contributed by atoms with Gasteiger partial charge in [-0.25, -0.2) is 0 Å². The molecule has 0 atom stereocenters. The molecule has 3 N–H and O–H groups in total. The molecule has 0 unspecified atom stereocenters. The normalized spacial score (nSPS) is 9.69. The van der Waals surface area contributed by atoms with Gasteiger partial charge in [0.25, 0.3) is 0 Å². The van der Waals surface area contributed by atoms with E-state index >= 15 is 0 Å². The number of anilines is 2. The molecule has 0 aromatic heterocycles. The van der Waals surface area contributed by atoms with Crippen LogP contribution in [-0.2, 0) is 6.42 Å². The van der Waals surface area contributed by atoms with E-state index in [4.69, 9.17) is 5.73 Å². The molecule has 0 radical (unpaired) electrons. The Morgan fingerprint density at radius 2 is 2.23 bits per heavy atom. The van der Waals surface area contributed by atoms with Gasteiger partial charge in [0.1, 0.15) is 0 Å². The summed E-state index contributed by atoms with van der Waals surface area (Å²) in [4.78, 5) is 0. The third-order valence-corrected chi connectivity index (χ3v) is 2.23. The number of hydrogen-bond acceptors (Lipinski definition) is 2. The van der Waals surface area contributed by atoms with Crippen LogP contribution in [0.25, 0.3) is 6.08 Å². The minimum atomic E-state index is 0.837. The number of nitrogen functional groups attached to an aromatic ring is 1. The predicted octanol–water partition coefficient (Wildman–Crippen LogP) is 2.52. The average molecular weight is 176 g/mol. The van der Waals surface area contributed by atoms with Crippen LogP contribution in [0.5, 0.6) is 0 Å². The SMILES string of the molecule is C=Cc1c(NC)ccc(CC)c1N. The number of aryl methyl sites for hydroxylation is 1. The lowest BCUT2D eigenvalue weighted by molar-refractivity contribution is 1.14. The number of hydrogen-bond donors (Lipinski definition) is 2. The van der Waals surface area contributed by atoms with Crippen LogP contribution in [0.15, 0.2) is 18.7 Å². The first-order chi connectivity index (χ1) is 6.24. The van der Waals surface area contributed by atoms with Crippen molar-refractivity contribution in [2.24, 2.45) is 0 Å². The molecule has 0 saturated heterocycles. The largest absolute Gasteiger partial charge is 0.398 e. The number of nitrogens with one attached hydrogen (secondary N) is 1. The zero-order chi connectivity index (χ0) is 9.84. The van der Waals surface area contributed by atoms with Gasteiger partial charge >= 0.3 is 0 Å². The molecule has 0 bridgehead atoms. The lowest BCUT2D eigenvalue weighted by atomic mass is 10.0. The molecular weight excluding hydrogens is 160 g/mol. The van der Waals surface area contributed by atoms with E-state index in [2.05, 4.69) is 18.8 Å². The summed E-state index contributed by atoms with van der Waals surface area (Å²) in [5, 5.41) is 3.09. The zero-order valence-electron chi connectivity index (χ0n) is 8.22. The molecule has 0 fully saturated rings. The summed E-state index contributed by atoms with van der Waals surface area (Å²) in [5.41, 5.74) is 10.0. The van der Waals surface area contributed by atoms with Gasteiger partial charge in [-0.3, -0.25) is 0 Å². The summed E-state index contributed by atoms with van der Waals surface area (Å²) in [6.45, 7) is 5.85. The Morgan fingerprint density at radius 3 is 2.69 bits per heavy atom. The van der Waals surface area contributed by atoms with Crippen molar-refractivity contribution in [2.45, 2.75) is 13.3 Å². The van der Waals surface area contributed by atoms with Crippen molar-refractivity contribution in [2.75, 3.05) is 18.1 Å². The van der Waals surface area contributed by atoms with Gasteiger partial charge in [-0.2, -0.15) is 0 Å². The van der Waals surface area contributed by atoms with Crippen LogP contribution in [0, 0.1) is 0 Å². The molecule has 70 valence electrons. The Balaban J connectivity index is 3.31. The Bertz CT molecular complexity index is 316. The van der Waals surface area contributed by atoms with Gasteiger partial charge in [0.2, 0.25) is 0 Å². The molecular formula is C11H16N2. The van der Waals surface area contributed by atoms with Gasteiger partial charge < -0.3 is 11.1 Å². The molecule has 0 aliphatic carbocycles. The maximum absolute atomic E-state index is 5.97. The molecule has 13 heavy (non-hydrogen) atoms. The molecule has 2 nitrogen and oxygen atoms in total. The predicted molar refractivity (Wildman–Crippen MR) is 59.9 cm³/mol. The van der Waals surface area contributed by atoms with Crippen LogP contribution in [0.2, 0.25) is 0 Å².